The van der Waals surface area contributed by atoms with Crippen LogP contribution in [0.5, 0.6) is 0 Å². The number of rotatable bonds is 4. The Kier molecular flexibility index (Phi) is 4.72. The molecule has 1 amide bonds. The fraction of sp³-hybridized carbons (Fsp3) is 0.0400. The highest BCUT2D eigenvalue weighted by Crippen LogP contribution is 2.24. The van der Waals surface area contributed by atoms with E-state index in [1.807, 2.05) is 73.8 Å². The maximum atomic E-state index is 13.1. The van der Waals surface area contributed by atoms with Gasteiger partial charge in [-0.3, -0.25) is 9.78 Å². The highest BCUT2D eigenvalue weighted by Gasteiger charge is 2.14. The van der Waals surface area contributed by atoms with Crippen molar-refractivity contribution in [1.29, 1.82) is 0 Å². The summed E-state index contributed by atoms with van der Waals surface area (Å²) < 4.78 is 0. The topological polar surface area (TPSA) is 83.0 Å². The zero-order valence-electron chi connectivity index (χ0n) is 16.8. The highest BCUT2D eigenvalue weighted by atomic mass is 16.2. The summed E-state index contributed by atoms with van der Waals surface area (Å²) in [5, 5.41) is 6.20. The molecule has 3 aromatic heterocycles. The summed E-state index contributed by atoms with van der Waals surface area (Å²) in [7, 11) is 0. The maximum Gasteiger partial charge on any atom is 0.272 e. The molecule has 31 heavy (non-hydrogen) atoms. The van der Waals surface area contributed by atoms with Gasteiger partial charge >= 0.3 is 0 Å². The number of hydrogen-bond donors (Lipinski definition) is 2. The van der Waals surface area contributed by atoms with Crippen molar-refractivity contribution >= 4 is 33.4 Å². The summed E-state index contributed by atoms with van der Waals surface area (Å²) >= 11 is 0. The van der Waals surface area contributed by atoms with Gasteiger partial charge in [-0.2, -0.15) is 5.10 Å². The second kappa shape index (κ2) is 7.84. The molecule has 0 spiro atoms. The molecular weight excluding hydrogens is 386 g/mol. The third kappa shape index (κ3) is 3.55. The first-order chi connectivity index (χ1) is 15.2. The van der Waals surface area contributed by atoms with Crippen LogP contribution in [0, 0.1) is 0 Å². The maximum absolute atomic E-state index is 13.1. The van der Waals surface area contributed by atoms with Crippen LogP contribution in [0.1, 0.15) is 22.8 Å². The summed E-state index contributed by atoms with van der Waals surface area (Å²) in [5.41, 5.74) is 8.20. The fourth-order valence-corrected chi connectivity index (χ4v) is 3.65. The SMILES string of the molecule is C/C(=N/NC(=O)c1cc(-c2cccnc2)nc2ccccc12)c1c[nH]c2ccccc12. The summed E-state index contributed by atoms with van der Waals surface area (Å²) in [5.74, 6) is -0.289. The van der Waals surface area contributed by atoms with Gasteiger partial charge in [0.15, 0.2) is 0 Å². The second-order valence-electron chi connectivity index (χ2n) is 7.20. The van der Waals surface area contributed by atoms with E-state index >= 15 is 0 Å². The van der Waals surface area contributed by atoms with E-state index in [4.69, 9.17) is 4.98 Å². The van der Waals surface area contributed by atoms with Crippen LogP contribution in [-0.2, 0) is 0 Å². The molecule has 0 radical (unpaired) electrons. The number of aromatic amines is 1. The fourth-order valence-electron chi connectivity index (χ4n) is 3.65. The van der Waals surface area contributed by atoms with E-state index in [9.17, 15) is 4.79 Å². The van der Waals surface area contributed by atoms with Gasteiger partial charge in [-0.25, -0.2) is 10.4 Å². The first-order valence-corrected chi connectivity index (χ1v) is 9.92. The minimum Gasteiger partial charge on any atom is -0.360 e. The molecule has 5 rings (SSSR count). The average molecular weight is 405 g/mol. The van der Waals surface area contributed by atoms with Crippen molar-refractivity contribution in [3.63, 3.8) is 0 Å². The van der Waals surface area contributed by atoms with Crippen LogP contribution in [0.25, 0.3) is 33.1 Å². The van der Waals surface area contributed by atoms with E-state index in [1.165, 1.54) is 0 Å². The Bertz CT molecular complexity index is 1440. The standard InChI is InChI=1S/C25H19N5O/c1-16(21-15-27-22-10-4-2-9-19(21)22)29-30-25(31)20-13-24(17-7-6-12-26-14-17)28-23-11-5-3-8-18(20)23/h2-15,27H,1H3,(H,30,31)/b29-16-. The van der Waals surface area contributed by atoms with Gasteiger partial charge in [0.25, 0.3) is 5.91 Å². The van der Waals surface area contributed by atoms with Gasteiger partial charge in [0.05, 0.1) is 22.5 Å². The zero-order chi connectivity index (χ0) is 21.2. The van der Waals surface area contributed by atoms with E-state index in [1.54, 1.807) is 18.5 Å². The minimum absolute atomic E-state index is 0.289. The first-order valence-electron chi connectivity index (χ1n) is 9.92. The van der Waals surface area contributed by atoms with Gasteiger partial charge in [0.2, 0.25) is 0 Å². The lowest BCUT2D eigenvalue weighted by molar-refractivity contribution is 0.0956. The number of hydrazone groups is 1. The van der Waals surface area contributed by atoms with Gasteiger partial charge in [0.1, 0.15) is 0 Å². The highest BCUT2D eigenvalue weighted by molar-refractivity contribution is 6.11. The number of aromatic nitrogens is 3. The Morgan fingerprint density at radius 2 is 1.77 bits per heavy atom. The predicted octanol–water partition coefficient (Wildman–Crippen LogP) is 4.93. The summed E-state index contributed by atoms with van der Waals surface area (Å²) in [6.07, 6.45) is 5.34. The molecule has 150 valence electrons. The number of pyridine rings is 2. The Morgan fingerprint density at radius 3 is 2.61 bits per heavy atom. The lowest BCUT2D eigenvalue weighted by Gasteiger charge is -2.09. The smallest absolute Gasteiger partial charge is 0.272 e. The van der Waals surface area contributed by atoms with Crippen LogP contribution in [0.15, 0.2) is 90.4 Å². The number of H-pyrrole nitrogens is 1. The molecule has 5 aromatic rings. The van der Waals surface area contributed by atoms with Crippen molar-refractivity contribution < 1.29 is 4.79 Å². The lowest BCUT2D eigenvalue weighted by atomic mass is 10.0. The molecule has 0 unspecified atom stereocenters. The van der Waals surface area contributed by atoms with Crippen LogP contribution in [0.3, 0.4) is 0 Å². The molecule has 2 N–H and O–H groups in total. The normalized spacial score (nSPS) is 11.7. The Balaban J connectivity index is 1.51. The number of nitrogens with one attached hydrogen (secondary N) is 2. The van der Waals surface area contributed by atoms with Gasteiger partial charge in [-0.1, -0.05) is 36.4 Å². The average Bonchev–Trinajstić information content (AvgIpc) is 3.26. The summed E-state index contributed by atoms with van der Waals surface area (Å²) in [6, 6.07) is 21.1. The van der Waals surface area contributed by atoms with E-state index in [2.05, 4.69) is 20.5 Å². The Labute approximate surface area is 178 Å². The molecule has 0 aliphatic heterocycles. The molecule has 0 saturated carbocycles. The van der Waals surface area contributed by atoms with E-state index < -0.39 is 0 Å². The molecule has 2 aromatic carbocycles. The van der Waals surface area contributed by atoms with Crippen molar-refractivity contribution in [3.05, 3.63) is 96.4 Å². The van der Waals surface area contributed by atoms with Gasteiger partial charge in [0, 0.05) is 46.0 Å². The van der Waals surface area contributed by atoms with E-state index in [0.717, 1.165) is 38.6 Å². The van der Waals surface area contributed by atoms with Gasteiger partial charge in [-0.15, -0.1) is 0 Å². The molecule has 6 nitrogen and oxygen atoms in total. The molecule has 0 saturated heterocycles. The third-order valence-electron chi connectivity index (χ3n) is 5.22. The Morgan fingerprint density at radius 1 is 0.968 bits per heavy atom. The van der Waals surface area contributed by atoms with Crippen molar-refractivity contribution in [3.8, 4) is 11.3 Å². The molecule has 3 heterocycles. The first kappa shape index (κ1) is 18.7. The monoisotopic (exact) mass is 405 g/mol. The molecule has 0 fully saturated rings. The number of carbonyl (C=O) groups is 1. The number of hydrogen-bond acceptors (Lipinski definition) is 4. The molecule has 0 aliphatic carbocycles. The minimum atomic E-state index is -0.289. The van der Waals surface area contributed by atoms with Crippen LogP contribution < -0.4 is 5.43 Å². The number of nitrogens with zero attached hydrogens (tertiary/aromatic N) is 3. The van der Waals surface area contributed by atoms with Crippen molar-refractivity contribution in [2.45, 2.75) is 6.92 Å². The zero-order valence-corrected chi connectivity index (χ0v) is 16.8. The van der Waals surface area contributed by atoms with Crippen LogP contribution in [0.2, 0.25) is 0 Å². The van der Waals surface area contributed by atoms with Crippen LogP contribution in [-0.4, -0.2) is 26.6 Å². The lowest BCUT2D eigenvalue weighted by Crippen LogP contribution is -2.20. The number of fused-ring (bicyclic) bond motifs is 2. The third-order valence-corrected chi connectivity index (χ3v) is 5.22. The number of benzene rings is 2. The van der Waals surface area contributed by atoms with Crippen molar-refractivity contribution in [2.24, 2.45) is 5.10 Å². The second-order valence-corrected chi connectivity index (χ2v) is 7.20. The molecular formula is C25H19N5O. The molecule has 6 heteroatoms. The summed E-state index contributed by atoms with van der Waals surface area (Å²) in [4.78, 5) is 25.2. The van der Waals surface area contributed by atoms with Gasteiger partial charge < -0.3 is 4.98 Å². The number of para-hydroxylation sites is 2. The number of amides is 1. The quantitative estimate of drug-likeness (QED) is 0.328. The summed E-state index contributed by atoms with van der Waals surface area (Å²) in [6.45, 7) is 1.88. The molecule has 0 atom stereocenters. The van der Waals surface area contributed by atoms with Crippen molar-refractivity contribution in [1.82, 2.24) is 20.4 Å². The number of carbonyl (C=O) groups excluding carboxylic acids is 1. The molecule has 0 aliphatic rings. The predicted molar refractivity (Wildman–Crippen MR) is 123 cm³/mol. The van der Waals surface area contributed by atoms with E-state index in [-0.39, 0.29) is 5.91 Å². The van der Waals surface area contributed by atoms with Crippen LogP contribution in [0.4, 0.5) is 0 Å². The van der Waals surface area contributed by atoms with Crippen LogP contribution >= 0.6 is 0 Å². The van der Waals surface area contributed by atoms with Gasteiger partial charge in [-0.05, 0) is 37.3 Å². The largest absolute Gasteiger partial charge is 0.360 e. The molecule has 0 bridgehead atoms. The Hall–Kier alpha value is -4.32. The van der Waals surface area contributed by atoms with E-state index in [0.29, 0.717) is 11.3 Å². The van der Waals surface area contributed by atoms with Crippen molar-refractivity contribution in [2.75, 3.05) is 0 Å².